The molecule has 3 unspecified atom stereocenters. The van der Waals surface area contributed by atoms with Crippen LogP contribution in [0.2, 0.25) is 15.1 Å². The number of halogens is 3. The van der Waals surface area contributed by atoms with E-state index in [4.69, 9.17) is 43.9 Å². The standard InChI is InChI=1S/C22H20Cl3N2O5P/c1-3-31-33(30,32-4-2)22(13-8-6-5-7-9-13)18-15(12-26-22)20(28)27(21(18)29)19-16(24)10-14(23)11-17(19)25/h5-12,15,18H,3-4H2,1-2H3. The third-order valence-electron chi connectivity index (χ3n) is 5.64. The first-order valence-corrected chi connectivity index (χ1v) is 12.9. The second-order valence-electron chi connectivity index (χ2n) is 7.44. The van der Waals surface area contributed by atoms with Crippen LogP contribution in [0.4, 0.5) is 5.69 Å². The van der Waals surface area contributed by atoms with E-state index < -0.39 is 36.5 Å². The van der Waals surface area contributed by atoms with Crippen molar-refractivity contribution in [1.82, 2.24) is 0 Å². The Bertz CT molecular complexity index is 1160. The summed E-state index contributed by atoms with van der Waals surface area (Å²) in [5.41, 5.74) is 0.459. The van der Waals surface area contributed by atoms with E-state index in [0.717, 1.165) is 4.90 Å². The van der Waals surface area contributed by atoms with Gasteiger partial charge in [-0.2, -0.15) is 0 Å². The van der Waals surface area contributed by atoms with E-state index in [2.05, 4.69) is 4.99 Å². The zero-order valence-corrected chi connectivity index (χ0v) is 20.9. The lowest BCUT2D eigenvalue weighted by Crippen LogP contribution is -2.40. The fraction of sp³-hybridized carbons (Fsp3) is 0.318. The molecule has 2 aromatic rings. The SMILES string of the molecule is CCOP(=O)(OCC)C1(c2ccccc2)N=CC2C(=O)N(c3c(Cl)cc(Cl)cc3Cl)C(=O)C21. The van der Waals surface area contributed by atoms with Gasteiger partial charge in [-0.15, -0.1) is 0 Å². The maximum atomic E-state index is 14.2. The highest BCUT2D eigenvalue weighted by Gasteiger charge is 2.70. The van der Waals surface area contributed by atoms with Crippen molar-refractivity contribution < 1.29 is 23.2 Å². The first-order chi connectivity index (χ1) is 15.7. The van der Waals surface area contributed by atoms with Gasteiger partial charge in [0.2, 0.25) is 11.8 Å². The van der Waals surface area contributed by atoms with Crippen LogP contribution >= 0.6 is 42.4 Å². The number of carbonyl (C=O) groups excluding carboxylic acids is 2. The summed E-state index contributed by atoms with van der Waals surface area (Å²) in [4.78, 5) is 32.8. The number of anilines is 1. The molecule has 4 rings (SSSR count). The smallest absolute Gasteiger partial charge is 0.307 e. The van der Waals surface area contributed by atoms with Gasteiger partial charge in [0.1, 0.15) is 0 Å². The highest BCUT2D eigenvalue weighted by atomic mass is 35.5. The molecule has 174 valence electrons. The average molecular weight is 530 g/mol. The molecular weight excluding hydrogens is 510 g/mol. The van der Waals surface area contributed by atoms with Gasteiger partial charge in [-0.05, 0) is 31.5 Å². The largest absolute Gasteiger partial charge is 0.363 e. The fourth-order valence-corrected chi connectivity index (χ4v) is 7.84. The molecule has 2 aromatic carbocycles. The molecule has 7 nitrogen and oxygen atoms in total. The maximum absolute atomic E-state index is 14.2. The Labute approximate surface area is 206 Å². The van der Waals surface area contributed by atoms with Crippen molar-refractivity contribution in [2.75, 3.05) is 18.1 Å². The van der Waals surface area contributed by atoms with Crippen molar-refractivity contribution in [1.29, 1.82) is 0 Å². The Hall–Kier alpha value is -1.73. The summed E-state index contributed by atoms with van der Waals surface area (Å²) in [5, 5.41) is -1.42. The van der Waals surface area contributed by atoms with Gasteiger partial charge in [0.25, 0.3) is 0 Å². The predicted molar refractivity (Wildman–Crippen MR) is 128 cm³/mol. The van der Waals surface area contributed by atoms with Crippen molar-refractivity contribution in [3.8, 4) is 0 Å². The molecule has 0 spiro atoms. The number of fused-ring (bicyclic) bond motifs is 1. The molecule has 2 amide bonds. The average Bonchev–Trinajstić information content (AvgIpc) is 3.28. The molecule has 0 saturated carbocycles. The van der Waals surface area contributed by atoms with E-state index >= 15 is 0 Å². The lowest BCUT2D eigenvalue weighted by Gasteiger charge is -2.37. The van der Waals surface area contributed by atoms with Crippen molar-refractivity contribution in [3.05, 3.63) is 63.1 Å². The van der Waals surface area contributed by atoms with Crippen LogP contribution in [0.25, 0.3) is 0 Å². The van der Waals surface area contributed by atoms with Crippen molar-refractivity contribution in [3.63, 3.8) is 0 Å². The number of hydrogen-bond donors (Lipinski definition) is 0. The second-order valence-corrected chi connectivity index (χ2v) is 10.9. The van der Waals surface area contributed by atoms with Gasteiger partial charge in [-0.3, -0.25) is 19.1 Å². The molecule has 2 aliphatic heterocycles. The summed E-state index contributed by atoms with van der Waals surface area (Å²) in [6, 6.07) is 11.4. The highest BCUT2D eigenvalue weighted by molar-refractivity contribution is 7.55. The lowest BCUT2D eigenvalue weighted by atomic mass is 9.87. The van der Waals surface area contributed by atoms with Gasteiger partial charge in [0.15, 0.2) is 5.28 Å². The molecule has 11 heteroatoms. The van der Waals surface area contributed by atoms with Crippen molar-refractivity contribution >= 4 is 66.1 Å². The van der Waals surface area contributed by atoms with Gasteiger partial charge < -0.3 is 9.05 Å². The van der Waals surface area contributed by atoms with Gasteiger partial charge in [-0.1, -0.05) is 65.1 Å². The molecule has 3 atom stereocenters. The minimum Gasteiger partial charge on any atom is -0.307 e. The zero-order chi connectivity index (χ0) is 24.0. The second kappa shape index (κ2) is 9.14. The summed E-state index contributed by atoms with van der Waals surface area (Å²) in [6.45, 7) is 3.45. The minimum atomic E-state index is -4.09. The van der Waals surface area contributed by atoms with Crippen LogP contribution in [0.3, 0.4) is 0 Å². The molecule has 2 heterocycles. The third-order valence-corrected chi connectivity index (χ3v) is 9.11. The Kier molecular flexibility index (Phi) is 6.76. The van der Waals surface area contributed by atoms with E-state index in [-0.39, 0.29) is 34.0 Å². The zero-order valence-electron chi connectivity index (χ0n) is 17.7. The normalized spacial score (nSPS) is 24.6. The Balaban J connectivity index is 1.93. The lowest BCUT2D eigenvalue weighted by molar-refractivity contribution is -0.123. The van der Waals surface area contributed by atoms with E-state index in [1.807, 2.05) is 0 Å². The van der Waals surface area contributed by atoms with Crippen LogP contribution in [-0.2, 0) is 28.5 Å². The predicted octanol–water partition coefficient (Wildman–Crippen LogP) is 5.96. The molecule has 2 aliphatic rings. The quantitative estimate of drug-likeness (QED) is 0.327. The molecule has 0 N–H and O–H groups in total. The highest BCUT2D eigenvalue weighted by Crippen LogP contribution is 2.72. The number of nitrogens with zero attached hydrogens (tertiary/aromatic N) is 2. The Morgan fingerprint density at radius 1 is 1.00 bits per heavy atom. The van der Waals surface area contributed by atoms with Gasteiger partial charge >= 0.3 is 7.60 Å². The summed E-state index contributed by atoms with van der Waals surface area (Å²) >= 11 is 18.7. The van der Waals surface area contributed by atoms with E-state index in [9.17, 15) is 14.2 Å². The first kappa shape index (κ1) is 24.4. The summed E-state index contributed by atoms with van der Waals surface area (Å²) in [5.74, 6) is -3.43. The monoisotopic (exact) mass is 528 g/mol. The van der Waals surface area contributed by atoms with Crippen LogP contribution in [0.5, 0.6) is 0 Å². The topological polar surface area (TPSA) is 85.3 Å². The number of aliphatic imine (C=N–C) groups is 1. The van der Waals surface area contributed by atoms with Crippen LogP contribution in [0, 0.1) is 11.8 Å². The van der Waals surface area contributed by atoms with E-state index in [0.29, 0.717) is 5.56 Å². The Morgan fingerprint density at radius 3 is 2.12 bits per heavy atom. The molecule has 0 bridgehead atoms. The number of benzene rings is 2. The van der Waals surface area contributed by atoms with E-state index in [1.165, 1.54) is 18.3 Å². The van der Waals surface area contributed by atoms with Crippen LogP contribution in [0.15, 0.2) is 47.5 Å². The summed E-state index contributed by atoms with van der Waals surface area (Å²) in [7, 11) is -4.09. The molecular formula is C22H20Cl3N2O5P. The third kappa shape index (κ3) is 3.66. The molecule has 33 heavy (non-hydrogen) atoms. The molecule has 0 aliphatic carbocycles. The number of amides is 2. The first-order valence-electron chi connectivity index (χ1n) is 10.2. The van der Waals surface area contributed by atoms with Gasteiger partial charge in [0.05, 0.1) is 40.8 Å². The fourth-order valence-electron chi connectivity index (χ4n) is 4.42. The Morgan fingerprint density at radius 2 is 1.58 bits per heavy atom. The van der Waals surface area contributed by atoms with Crippen molar-refractivity contribution in [2.24, 2.45) is 16.8 Å². The van der Waals surface area contributed by atoms with E-state index in [1.54, 1.807) is 44.2 Å². The minimum absolute atomic E-state index is 0.0187. The van der Waals surface area contributed by atoms with Crippen molar-refractivity contribution in [2.45, 2.75) is 19.1 Å². The number of imide groups is 1. The number of rotatable bonds is 7. The molecule has 1 fully saturated rings. The molecule has 1 saturated heterocycles. The number of carbonyl (C=O) groups is 2. The maximum Gasteiger partial charge on any atom is 0.363 e. The van der Waals surface area contributed by atoms with Gasteiger partial charge in [-0.25, -0.2) is 4.90 Å². The summed E-state index contributed by atoms with van der Waals surface area (Å²) in [6.07, 6.45) is 1.35. The van der Waals surface area contributed by atoms with Crippen LogP contribution in [0.1, 0.15) is 19.4 Å². The summed E-state index contributed by atoms with van der Waals surface area (Å²) < 4.78 is 25.6. The van der Waals surface area contributed by atoms with Crippen LogP contribution in [-0.4, -0.2) is 31.2 Å². The molecule has 0 aromatic heterocycles. The molecule has 0 radical (unpaired) electrons. The van der Waals surface area contributed by atoms with Crippen LogP contribution < -0.4 is 4.90 Å². The van der Waals surface area contributed by atoms with Gasteiger partial charge in [0, 0.05) is 11.2 Å². The number of hydrogen-bond acceptors (Lipinski definition) is 6.